The van der Waals surface area contributed by atoms with Gasteiger partial charge < -0.3 is 35.2 Å². The fourth-order valence-electron chi connectivity index (χ4n) is 7.80. The first kappa shape index (κ1) is 26.5. The summed E-state index contributed by atoms with van der Waals surface area (Å²) in [5, 5.41) is 11.7. The zero-order valence-corrected chi connectivity index (χ0v) is 23.5. The average molecular weight is 561 g/mol. The molecule has 41 heavy (non-hydrogen) atoms. The Labute approximate surface area is 237 Å². The molecule has 2 bridgehead atoms. The molecule has 0 radical (unpaired) electrons. The van der Waals surface area contributed by atoms with Gasteiger partial charge in [0.2, 0.25) is 0 Å². The van der Waals surface area contributed by atoms with E-state index in [0.29, 0.717) is 23.5 Å². The van der Waals surface area contributed by atoms with Gasteiger partial charge in [-0.3, -0.25) is 4.79 Å². The number of carbonyl (C=O) groups is 1. The number of ether oxygens (including phenoxy) is 3. The number of carbonyl (C=O) groups excluding carboxylic acids is 1. The first-order valence-corrected chi connectivity index (χ1v) is 14.5. The van der Waals surface area contributed by atoms with Crippen LogP contribution in [-0.2, 0) is 20.7 Å². The second-order valence-corrected chi connectivity index (χ2v) is 12.8. The van der Waals surface area contributed by atoms with Gasteiger partial charge in [-0.25, -0.2) is 4.79 Å². The summed E-state index contributed by atoms with van der Waals surface area (Å²) in [4.78, 5) is 27.1. The lowest BCUT2D eigenvalue weighted by Gasteiger charge is -2.47. The Balaban J connectivity index is 1.28. The maximum atomic E-state index is 14.1. The zero-order chi connectivity index (χ0) is 28.8. The van der Waals surface area contributed by atoms with Crippen LogP contribution in [0.25, 0.3) is 11.0 Å². The van der Waals surface area contributed by atoms with Gasteiger partial charge in [-0.05, 0) is 63.5 Å². The zero-order valence-electron chi connectivity index (χ0n) is 23.5. The lowest BCUT2D eigenvalue weighted by Crippen LogP contribution is -2.53. The van der Waals surface area contributed by atoms with Crippen molar-refractivity contribution >= 4 is 16.9 Å². The van der Waals surface area contributed by atoms with E-state index >= 15 is 0 Å². The van der Waals surface area contributed by atoms with Gasteiger partial charge in [-0.1, -0.05) is 24.3 Å². The highest BCUT2D eigenvalue weighted by molar-refractivity contribution is 5.88. The van der Waals surface area contributed by atoms with Crippen molar-refractivity contribution in [3.8, 4) is 11.5 Å². The fraction of sp³-hybridized carbons (Fsp3) is 0.500. The molecule has 9 nitrogen and oxygen atoms in total. The van der Waals surface area contributed by atoms with Crippen molar-refractivity contribution in [2.75, 3.05) is 0 Å². The van der Waals surface area contributed by atoms with Crippen LogP contribution in [0.1, 0.15) is 74.1 Å². The van der Waals surface area contributed by atoms with Crippen LogP contribution in [0.3, 0.4) is 0 Å². The first-order chi connectivity index (χ1) is 19.5. The number of nitrogens with two attached hydrogens (primary N) is 2. The second-order valence-electron chi connectivity index (χ2n) is 12.8. The Morgan fingerprint density at radius 2 is 1.83 bits per heavy atom. The van der Waals surface area contributed by atoms with Crippen molar-refractivity contribution in [1.29, 1.82) is 0 Å². The molecule has 3 aromatic rings. The molecule has 4 fully saturated rings. The van der Waals surface area contributed by atoms with Crippen molar-refractivity contribution < 1.29 is 28.5 Å². The standard InChI is InChI=1S/C32H36N2O7/c1-15-11-20(35)25-21(38-15)14-22-26(27(25)36)24-17-7-9-19(10-8-17)32(30(37)39-28(24)31(2,3)40-22)23(41-32)13-16-5-4-6-18(12-16)29(33)34/h4-6,11-12,14,17,19,23-24,28-29,36H,7-10,13,33-34H2,1-3H3/t17?,19?,23-,24-,28-,32-/m1/s1. The molecule has 0 unspecified atom stereocenters. The molecule has 3 saturated heterocycles. The third kappa shape index (κ3) is 4.00. The molecule has 2 aromatic carbocycles. The summed E-state index contributed by atoms with van der Waals surface area (Å²) >= 11 is 0. The normalized spacial score (nSPS) is 31.6. The van der Waals surface area contributed by atoms with E-state index in [1.54, 1.807) is 13.0 Å². The van der Waals surface area contributed by atoms with E-state index in [1.165, 1.54) is 6.07 Å². The predicted octanol–water partition coefficient (Wildman–Crippen LogP) is 4.09. The summed E-state index contributed by atoms with van der Waals surface area (Å²) in [6, 6.07) is 10.8. The summed E-state index contributed by atoms with van der Waals surface area (Å²) in [5.74, 6) is 0.183. The number of epoxide rings is 1. The summed E-state index contributed by atoms with van der Waals surface area (Å²) in [7, 11) is 0. The van der Waals surface area contributed by atoms with Gasteiger partial charge in [0.25, 0.3) is 0 Å². The Kier molecular flexibility index (Phi) is 5.85. The SMILES string of the molecule is Cc1cc(=O)c2c(O)c3c(cc2o1)OC(C)(C)[C@@H]1OC(=O)[C@@]2(O[C@@H]2Cc2cccc(C(N)N)c2)C2CCC(CC2)[C@H]31. The van der Waals surface area contributed by atoms with Gasteiger partial charge in [-0.2, -0.15) is 0 Å². The largest absolute Gasteiger partial charge is 0.507 e. The van der Waals surface area contributed by atoms with Gasteiger partial charge in [0.15, 0.2) is 11.0 Å². The van der Waals surface area contributed by atoms with E-state index in [9.17, 15) is 14.7 Å². The van der Waals surface area contributed by atoms with Gasteiger partial charge in [-0.15, -0.1) is 0 Å². The molecular weight excluding hydrogens is 524 g/mol. The molecule has 1 spiro atoms. The minimum atomic E-state index is -1.03. The molecule has 8 rings (SSSR count). The number of benzene rings is 2. The monoisotopic (exact) mass is 560 g/mol. The molecule has 1 saturated carbocycles. The minimum absolute atomic E-state index is 0.0278. The first-order valence-electron chi connectivity index (χ1n) is 14.5. The third-order valence-corrected chi connectivity index (χ3v) is 9.79. The van der Waals surface area contributed by atoms with E-state index in [0.717, 1.165) is 36.8 Å². The minimum Gasteiger partial charge on any atom is -0.507 e. The number of aromatic hydroxyl groups is 1. The van der Waals surface area contributed by atoms with Crippen LogP contribution in [0.5, 0.6) is 11.5 Å². The molecule has 1 aromatic heterocycles. The van der Waals surface area contributed by atoms with Crippen LogP contribution in [0, 0.1) is 18.8 Å². The topological polar surface area (TPSA) is 151 Å². The highest BCUT2D eigenvalue weighted by Gasteiger charge is 2.70. The van der Waals surface area contributed by atoms with Gasteiger partial charge in [0, 0.05) is 36.0 Å². The number of rotatable bonds is 3. The van der Waals surface area contributed by atoms with Crippen molar-refractivity contribution in [3.05, 3.63) is 69.1 Å². The number of hydrogen-bond acceptors (Lipinski definition) is 9. The quantitative estimate of drug-likeness (QED) is 0.244. The molecule has 5 heterocycles. The maximum Gasteiger partial charge on any atom is 0.341 e. The third-order valence-electron chi connectivity index (χ3n) is 9.79. The average Bonchev–Trinajstić information content (AvgIpc) is 3.61. The number of phenolic OH excluding ortho intramolecular Hbond substituents is 1. The Morgan fingerprint density at radius 3 is 2.56 bits per heavy atom. The lowest BCUT2D eigenvalue weighted by molar-refractivity contribution is -0.172. The van der Waals surface area contributed by atoms with Crippen molar-refractivity contribution in [3.63, 3.8) is 0 Å². The molecule has 1 aliphatic carbocycles. The van der Waals surface area contributed by atoms with Crippen LogP contribution in [0.4, 0.5) is 0 Å². The van der Waals surface area contributed by atoms with Crippen molar-refractivity contribution in [1.82, 2.24) is 0 Å². The van der Waals surface area contributed by atoms with Gasteiger partial charge >= 0.3 is 5.97 Å². The fourth-order valence-corrected chi connectivity index (χ4v) is 7.80. The molecule has 216 valence electrons. The van der Waals surface area contributed by atoms with E-state index < -0.39 is 23.5 Å². The molecular formula is C32H36N2O7. The Hall–Kier alpha value is -3.40. The van der Waals surface area contributed by atoms with Crippen molar-refractivity contribution in [2.24, 2.45) is 23.3 Å². The number of phenols is 1. The van der Waals surface area contributed by atoms with Crippen LogP contribution in [-0.4, -0.2) is 34.5 Å². The highest BCUT2D eigenvalue weighted by atomic mass is 16.7. The highest BCUT2D eigenvalue weighted by Crippen LogP contribution is 2.59. The van der Waals surface area contributed by atoms with Crippen molar-refractivity contribution in [2.45, 2.75) is 88.4 Å². The van der Waals surface area contributed by atoms with Gasteiger partial charge in [0.1, 0.15) is 46.0 Å². The molecule has 4 atom stereocenters. The Morgan fingerprint density at radius 1 is 1.07 bits per heavy atom. The second kappa shape index (κ2) is 9.05. The summed E-state index contributed by atoms with van der Waals surface area (Å²) in [6.07, 6.45) is 2.26. The van der Waals surface area contributed by atoms with Crippen LogP contribution >= 0.6 is 0 Å². The summed E-state index contributed by atoms with van der Waals surface area (Å²) < 4.78 is 25.0. The molecule has 5 aliphatic rings. The maximum absolute atomic E-state index is 14.1. The van der Waals surface area contributed by atoms with Crippen LogP contribution in [0.15, 0.2) is 45.6 Å². The van der Waals surface area contributed by atoms with E-state index in [1.807, 2.05) is 38.1 Å². The van der Waals surface area contributed by atoms with E-state index in [4.69, 9.17) is 30.1 Å². The van der Waals surface area contributed by atoms with Crippen LogP contribution < -0.4 is 21.6 Å². The lowest BCUT2D eigenvalue weighted by atomic mass is 9.66. The summed E-state index contributed by atoms with van der Waals surface area (Å²) in [6.45, 7) is 5.50. The number of aryl methyl sites for hydroxylation is 1. The predicted molar refractivity (Wildman–Crippen MR) is 151 cm³/mol. The molecule has 4 aliphatic heterocycles. The van der Waals surface area contributed by atoms with Gasteiger partial charge in [0.05, 0.1) is 6.17 Å². The summed E-state index contributed by atoms with van der Waals surface area (Å²) in [5.41, 5.74) is 12.2. The molecule has 0 amide bonds. The number of fused-ring (bicyclic) bond motifs is 5. The van der Waals surface area contributed by atoms with E-state index in [2.05, 4.69) is 0 Å². The number of hydrogen-bond donors (Lipinski definition) is 3. The number of esters is 1. The Bertz CT molecular complexity index is 1620. The van der Waals surface area contributed by atoms with Crippen LogP contribution in [0.2, 0.25) is 0 Å². The van der Waals surface area contributed by atoms with E-state index in [-0.39, 0.29) is 52.0 Å². The molecule has 5 N–H and O–H groups in total. The smallest absolute Gasteiger partial charge is 0.341 e. The molecule has 9 heteroatoms.